The van der Waals surface area contributed by atoms with Crippen molar-refractivity contribution in [3.05, 3.63) is 40.4 Å². The first-order valence-corrected chi connectivity index (χ1v) is 5.34. The van der Waals surface area contributed by atoms with Gasteiger partial charge in [-0.05, 0) is 13.0 Å². The summed E-state index contributed by atoms with van der Waals surface area (Å²) in [7, 11) is 0. The van der Waals surface area contributed by atoms with Crippen molar-refractivity contribution in [2.45, 2.75) is 6.92 Å². The highest BCUT2D eigenvalue weighted by molar-refractivity contribution is 9.10. The van der Waals surface area contributed by atoms with Crippen LogP contribution >= 0.6 is 15.9 Å². The molecule has 0 unspecified atom stereocenters. The third kappa shape index (κ3) is 1.86. The summed E-state index contributed by atoms with van der Waals surface area (Å²) in [6, 6.07) is 7.44. The largest absolute Gasteiger partial charge is 0.474 e. The zero-order chi connectivity index (χ0) is 11.7. The number of carbonyl (C=O) groups is 1. The second-order valence-electron chi connectivity index (χ2n) is 3.21. The second kappa shape index (κ2) is 4.09. The molecule has 1 heterocycles. The summed E-state index contributed by atoms with van der Waals surface area (Å²) in [6.45, 7) is 1.69. The number of oxazole rings is 1. The molecule has 0 atom stereocenters. The number of aromatic nitrogens is 1. The third-order valence-electron chi connectivity index (χ3n) is 2.11. The van der Waals surface area contributed by atoms with E-state index in [-0.39, 0.29) is 5.89 Å². The normalized spacial score (nSPS) is 10.4. The van der Waals surface area contributed by atoms with Crippen molar-refractivity contribution in [2.24, 2.45) is 0 Å². The van der Waals surface area contributed by atoms with Gasteiger partial charge in [0, 0.05) is 10.0 Å². The number of hydrogen-bond acceptors (Lipinski definition) is 3. The van der Waals surface area contributed by atoms with Gasteiger partial charge in [-0.3, -0.25) is 0 Å². The summed E-state index contributed by atoms with van der Waals surface area (Å²) < 4.78 is 5.90. The van der Waals surface area contributed by atoms with Crippen LogP contribution in [0.5, 0.6) is 0 Å². The van der Waals surface area contributed by atoms with Crippen LogP contribution < -0.4 is 0 Å². The first kappa shape index (κ1) is 10.9. The molecule has 1 aromatic heterocycles. The Morgan fingerprint density at radius 2 is 2.12 bits per heavy atom. The summed E-state index contributed by atoms with van der Waals surface area (Å²) in [4.78, 5) is 14.7. The minimum absolute atomic E-state index is 0.289. The minimum atomic E-state index is -1.17. The number of nitrogens with zero attached hydrogens (tertiary/aromatic N) is 1. The highest BCUT2D eigenvalue weighted by atomic mass is 79.9. The molecule has 0 saturated carbocycles. The Balaban J connectivity index is 2.57. The first-order valence-electron chi connectivity index (χ1n) is 4.55. The fourth-order valence-corrected chi connectivity index (χ4v) is 1.86. The monoisotopic (exact) mass is 281 g/mol. The molecule has 0 bridgehead atoms. The van der Waals surface area contributed by atoms with Crippen molar-refractivity contribution in [3.63, 3.8) is 0 Å². The van der Waals surface area contributed by atoms with Gasteiger partial charge in [-0.15, -0.1) is 0 Å². The van der Waals surface area contributed by atoms with Crippen LogP contribution in [0.2, 0.25) is 0 Å². The van der Waals surface area contributed by atoms with Gasteiger partial charge < -0.3 is 9.52 Å². The fourth-order valence-electron chi connectivity index (χ4n) is 1.39. The number of aromatic carboxylic acids is 1. The van der Waals surface area contributed by atoms with E-state index in [0.717, 1.165) is 10.0 Å². The van der Waals surface area contributed by atoms with Crippen LogP contribution in [0.1, 0.15) is 16.4 Å². The number of aryl methyl sites for hydroxylation is 1. The van der Waals surface area contributed by atoms with E-state index in [9.17, 15) is 4.79 Å². The maximum Gasteiger partial charge on any atom is 0.392 e. The van der Waals surface area contributed by atoms with Crippen molar-refractivity contribution in [1.29, 1.82) is 0 Å². The van der Waals surface area contributed by atoms with Crippen molar-refractivity contribution >= 4 is 21.9 Å². The molecule has 0 aliphatic heterocycles. The minimum Gasteiger partial charge on any atom is -0.474 e. The van der Waals surface area contributed by atoms with Gasteiger partial charge in [0.15, 0.2) is 0 Å². The number of carboxylic acids is 1. The molecule has 4 nitrogen and oxygen atoms in total. The van der Waals surface area contributed by atoms with Crippen molar-refractivity contribution in [1.82, 2.24) is 4.98 Å². The maximum absolute atomic E-state index is 10.7. The lowest BCUT2D eigenvalue weighted by molar-refractivity contribution is 0.0652. The van der Waals surface area contributed by atoms with E-state index in [1.54, 1.807) is 6.92 Å². The Kier molecular flexibility index (Phi) is 2.78. The summed E-state index contributed by atoms with van der Waals surface area (Å²) in [5.74, 6) is -0.964. The average Bonchev–Trinajstić information content (AvgIpc) is 2.61. The van der Waals surface area contributed by atoms with Gasteiger partial charge in [-0.25, -0.2) is 9.78 Å². The third-order valence-corrected chi connectivity index (χ3v) is 2.80. The predicted octanol–water partition coefficient (Wildman–Crippen LogP) is 3.11. The Hall–Kier alpha value is -1.62. The van der Waals surface area contributed by atoms with Crippen LogP contribution in [0.15, 0.2) is 33.2 Å². The van der Waals surface area contributed by atoms with E-state index in [1.807, 2.05) is 24.3 Å². The molecule has 1 N–H and O–H groups in total. The van der Waals surface area contributed by atoms with Gasteiger partial charge >= 0.3 is 11.9 Å². The molecule has 2 rings (SSSR count). The number of carboxylic acid groups (broad SMARTS) is 1. The summed E-state index contributed by atoms with van der Waals surface area (Å²) in [6.07, 6.45) is 0. The molecule has 5 heteroatoms. The van der Waals surface area contributed by atoms with Gasteiger partial charge in [-0.2, -0.15) is 0 Å². The molecule has 0 radical (unpaired) electrons. The standard InChI is InChI=1S/C11H8BrNO3/c1-6-9(13-10(16-6)11(14)15)7-4-2-3-5-8(7)12/h2-5H,1H3,(H,14,15). The first-order chi connectivity index (χ1) is 7.59. The summed E-state index contributed by atoms with van der Waals surface area (Å²) in [5.41, 5.74) is 1.36. The summed E-state index contributed by atoms with van der Waals surface area (Å²) in [5, 5.41) is 8.77. The predicted molar refractivity (Wildman–Crippen MR) is 61.3 cm³/mol. The highest BCUT2D eigenvalue weighted by Crippen LogP contribution is 2.29. The molecule has 0 fully saturated rings. The molecular weight excluding hydrogens is 274 g/mol. The molecular formula is C11H8BrNO3. The van der Waals surface area contributed by atoms with Gasteiger partial charge in [-0.1, -0.05) is 34.1 Å². The topological polar surface area (TPSA) is 63.3 Å². The molecule has 2 aromatic rings. The lowest BCUT2D eigenvalue weighted by Gasteiger charge is -1.99. The molecule has 0 spiro atoms. The van der Waals surface area contributed by atoms with Crippen LogP contribution in [-0.4, -0.2) is 16.1 Å². The molecule has 16 heavy (non-hydrogen) atoms. The van der Waals surface area contributed by atoms with Crippen LogP contribution in [0, 0.1) is 6.92 Å². The van der Waals surface area contributed by atoms with Gasteiger partial charge in [0.05, 0.1) is 0 Å². The Morgan fingerprint density at radius 3 is 2.69 bits per heavy atom. The van der Waals surface area contributed by atoms with Crippen LogP contribution in [-0.2, 0) is 0 Å². The quantitative estimate of drug-likeness (QED) is 0.919. The van der Waals surface area contributed by atoms with Crippen LogP contribution in [0.4, 0.5) is 0 Å². The number of halogens is 1. The van der Waals surface area contributed by atoms with Crippen molar-refractivity contribution in [3.8, 4) is 11.3 Å². The lowest BCUT2D eigenvalue weighted by Crippen LogP contribution is -1.95. The van der Waals surface area contributed by atoms with Gasteiger partial charge in [0.25, 0.3) is 0 Å². The van der Waals surface area contributed by atoms with E-state index < -0.39 is 5.97 Å². The SMILES string of the molecule is Cc1oc(C(=O)O)nc1-c1ccccc1Br. The van der Waals surface area contributed by atoms with Gasteiger partial charge in [0.2, 0.25) is 0 Å². The van der Waals surface area contributed by atoms with Crippen molar-refractivity contribution < 1.29 is 14.3 Å². The molecule has 1 aromatic carbocycles. The molecule has 0 aliphatic rings. The Labute approximate surface area is 100 Å². The number of rotatable bonds is 2. The highest BCUT2D eigenvalue weighted by Gasteiger charge is 2.17. The summed E-state index contributed by atoms with van der Waals surface area (Å²) >= 11 is 3.38. The second-order valence-corrected chi connectivity index (χ2v) is 4.06. The van der Waals surface area contributed by atoms with E-state index >= 15 is 0 Å². The fraction of sp³-hybridized carbons (Fsp3) is 0.0909. The van der Waals surface area contributed by atoms with E-state index in [4.69, 9.17) is 9.52 Å². The molecule has 82 valence electrons. The molecule has 0 saturated heterocycles. The van der Waals surface area contributed by atoms with E-state index in [0.29, 0.717) is 11.5 Å². The lowest BCUT2D eigenvalue weighted by atomic mass is 10.1. The number of benzene rings is 1. The molecule has 0 amide bonds. The van der Waals surface area contributed by atoms with Crippen molar-refractivity contribution in [2.75, 3.05) is 0 Å². The zero-order valence-electron chi connectivity index (χ0n) is 8.40. The van der Waals surface area contributed by atoms with E-state index in [1.165, 1.54) is 0 Å². The number of hydrogen-bond donors (Lipinski definition) is 1. The van der Waals surface area contributed by atoms with E-state index in [2.05, 4.69) is 20.9 Å². The van der Waals surface area contributed by atoms with Crippen LogP contribution in [0.25, 0.3) is 11.3 Å². The van der Waals surface area contributed by atoms with Crippen LogP contribution in [0.3, 0.4) is 0 Å². The maximum atomic E-state index is 10.7. The Bertz CT molecular complexity index is 548. The van der Waals surface area contributed by atoms with Gasteiger partial charge in [0.1, 0.15) is 11.5 Å². The Morgan fingerprint density at radius 1 is 1.44 bits per heavy atom. The average molecular weight is 282 g/mol. The zero-order valence-corrected chi connectivity index (χ0v) is 9.98. The smallest absolute Gasteiger partial charge is 0.392 e. The molecule has 0 aliphatic carbocycles.